The number of benzene rings is 1. The van der Waals surface area contributed by atoms with Crippen LogP contribution in [0.1, 0.15) is 37.4 Å². The van der Waals surface area contributed by atoms with Crippen LogP contribution in [-0.4, -0.2) is 45.1 Å². The second-order valence-corrected chi connectivity index (χ2v) is 7.88. The van der Waals surface area contributed by atoms with Gasteiger partial charge in [0, 0.05) is 29.0 Å². The maximum Gasteiger partial charge on any atom is 0.152 e. The normalized spacial score (nSPS) is 17.6. The molecule has 3 heterocycles. The summed E-state index contributed by atoms with van der Waals surface area (Å²) in [6, 6.07) is 9.06. The van der Waals surface area contributed by atoms with E-state index in [1.165, 1.54) is 25.7 Å². The van der Waals surface area contributed by atoms with Gasteiger partial charge in [-0.25, -0.2) is 0 Å². The Kier molecular flexibility index (Phi) is 4.24. The van der Waals surface area contributed by atoms with Gasteiger partial charge in [0.1, 0.15) is 0 Å². The largest absolute Gasteiger partial charge is 0.298 e. The van der Waals surface area contributed by atoms with Gasteiger partial charge in [-0.3, -0.25) is 19.4 Å². The van der Waals surface area contributed by atoms with Crippen LogP contribution in [-0.2, 0) is 11.2 Å². The molecule has 1 aromatic carbocycles. The molecule has 0 spiro atoms. The van der Waals surface area contributed by atoms with Crippen molar-refractivity contribution in [2.75, 3.05) is 19.6 Å². The van der Waals surface area contributed by atoms with Crippen molar-refractivity contribution >= 4 is 16.6 Å². The summed E-state index contributed by atoms with van der Waals surface area (Å²) >= 11 is 0. The van der Waals surface area contributed by atoms with Crippen molar-refractivity contribution in [1.82, 2.24) is 19.7 Å². The summed E-state index contributed by atoms with van der Waals surface area (Å²) in [6.45, 7) is 2.66. The quantitative estimate of drug-likeness (QED) is 0.673. The van der Waals surface area contributed by atoms with Crippen LogP contribution in [0.25, 0.3) is 21.9 Å². The highest BCUT2D eigenvalue weighted by molar-refractivity contribution is 5.88. The smallest absolute Gasteiger partial charge is 0.152 e. The Morgan fingerprint density at radius 1 is 1.04 bits per heavy atom. The number of hydrogen-bond donors (Lipinski definition) is 0. The zero-order chi connectivity index (χ0) is 18.2. The Morgan fingerprint density at radius 2 is 1.89 bits per heavy atom. The van der Waals surface area contributed by atoms with Crippen LogP contribution < -0.4 is 0 Å². The number of hydrogen-bond acceptors (Lipinski definition) is 4. The number of pyridine rings is 1. The number of aromatic nitrogens is 3. The molecule has 1 saturated heterocycles. The summed E-state index contributed by atoms with van der Waals surface area (Å²) in [4.78, 5) is 19.1. The van der Waals surface area contributed by atoms with E-state index >= 15 is 0 Å². The molecule has 27 heavy (non-hydrogen) atoms. The molecule has 2 aliphatic rings. The van der Waals surface area contributed by atoms with E-state index in [2.05, 4.69) is 50.1 Å². The minimum absolute atomic E-state index is 0.255. The Hall–Kier alpha value is -2.53. The van der Waals surface area contributed by atoms with Crippen LogP contribution in [0.15, 0.2) is 42.9 Å². The average Bonchev–Trinajstić information content (AvgIpc) is 3.18. The molecule has 0 N–H and O–H groups in total. The minimum Gasteiger partial charge on any atom is -0.298 e. The molecule has 1 aliphatic carbocycles. The zero-order valence-corrected chi connectivity index (χ0v) is 15.5. The lowest BCUT2D eigenvalue weighted by Crippen LogP contribution is -2.27. The molecule has 5 rings (SSSR count). The fraction of sp³-hybridized carbons (Fsp3) is 0.409. The van der Waals surface area contributed by atoms with Crippen LogP contribution in [0.2, 0.25) is 0 Å². The standard InChI is InChI=1S/C22H24N4O/c27-22(15-25-7-1-2-8-25)11-20-10-18-9-16(3-4-17(18)12-23-20)19-13-24-26(14-19)21-5-6-21/h3-4,9-10,12-14,21H,1-2,5-8,11,15H2. The van der Waals surface area contributed by atoms with Crippen molar-refractivity contribution in [3.8, 4) is 11.1 Å². The predicted molar refractivity (Wildman–Crippen MR) is 106 cm³/mol. The molecule has 1 aliphatic heterocycles. The van der Waals surface area contributed by atoms with Crippen molar-refractivity contribution in [3.05, 3.63) is 48.5 Å². The second-order valence-electron chi connectivity index (χ2n) is 7.88. The van der Waals surface area contributed by atoms with Gasteiger partial charge in [0.05, 0.1) is 25.2 Å². The molecule has 0 unspecified atom stereocenters. The van der Waals surface area contributed by atoms with Crippen molar-refractivity contribution in [1.29, 1.82) is 0 Å². The van der Waals surface area contributed by atoms with Gasteiger partial charge in [-0.05, 0) is 61.9 Å². The Morgan fingerprint density at radius 3 is 2.70 bits per heavy atom. The highest BCUT2D eigenvalue weighted by atomic mass is 16.1. The Labute approximate surface area is 159 Å². The number of Topliss-reactive ketones (excluding diaryl/α,β-unsaturated/α-hetero) is 1. The first kappa shape index (κ1) is 16.6. The van der Waals surface area contributed by atoms with Crippen molar-refractivity contribution in [2.24, 2.45) is 0 Å². The highest BCUT2D eigenvalue weighted by Crippen LogP contribution is 2.35. The van der Waals surface area contributed by atoms with Crippen LogP contribution in [0, 0.1) is 0 Å². The van der Waals surface area contributed by atoms with E-state index in [0.717, 1.165) is 40.7 Å². The SMILES string of the molecule is O=C(Cc1cc2cc(-c3cnn(C4CC4)c3)ccc2cn1)CN1CCCC1. The molecule has 2 fully saturated rings. The van der Waals surface area contributed by atoms with Gasteiger partial charge in [0.15, 0.2) is 5.78 Å². The third-order valence-electron chi connectivity index (χ3n) is 5.61. The summed E-state index contributed by atoms with van der Waals surface area (Å²) in [5, 5.41) is 6.73. The topological polar surface area (TPSA) is 51.0 Å². The first-order valence-electron chi connectivity index (χ1n) is 9.92. The lowest BCUT2D eigenvalue weighted by molar-refractivity contribution is -0.119. The van der Waals surface area contributed by atoms with Crippen LogP contribution in [0.3, 0.4) is 0 Å². The van der Waals surface area contributed by atoms with E-state index in [0.29, 0.717) is 19.0 Å². The van der Waals surface area contributed by atoms with E-state index < -0.39 is 0 Å². The minimum atomic E-state index is 0.255. The number of ketones is 1. The van der Waals surface area contributed by atoms with Gasteiger partial charge in [-0.1, -0.05) is 12.1 Å². The fourth-order valence-electron chi connectivity index (χ4n) is 3.94. The summed E-state index contributed by atoms with van der Waals surface area (Å²) < 4.78 is 2.08. The Bertz CT molecular complexity index is 983. The molecule has 3 aromatic rings. The Balaban J connectivity index is 1.35. The van der Waals surface area contributed by atoms with Gasteiger partial charge in [-0.15, -0.1) is 0 Å². The first-order chi connectivity index (χ1) is 13.2. The number of fused-ring (bicyclic) bond motifs is 1. The highest BCUT2D eigenvalue weighted by Gasteiger charge is 2.24. The zero-order valence-electron chi connectivity index (χ0n) is 15.5. The van der Waals surface area contributed by atoms with Crippen LogP contribution in [0.4, 0.5) is 0 Å². The van der Waals surface area contributed by atoms with Crippen LogP contribution >= 0.6 is 0 Å². The number of likely N-dealkylation sites (tertiary alicyclic amines) is 1. The third-order valence-corrected chi connectivity index (χ3v) is 5.61. The summed E-state index contributed by atoms with van der Waals surface area (Å²) in [5.74, 6) is 0.255. The molecule has 5 nitrogen and oxygen atoms in total. The van der Waals surface area contributed by atoms with Crippen LogP contribution in [0.5, 0.6) is 0 Å². The van der Waals surface area contributed by atoms with Crippen molar-refractivity contribution in [2.45, 2.75) is 38.1 Å². The molecule has 5 heteroatoms. The fourth-order valence-corrected chi connectivity index (χ4v) is 3.94. The maximum atomic E-state index is 12.4. The third kappa shape index (κ3) is 3.65. The lowest BCUT2D eigenvalue weighted by atomic mass is 10.0. The van der Waals surface area contributed by atoms with E-state index in [4.69, 9.17) is 0 Å². The van der Waals surface area contributed by atoms with Gasteiger partial charge >= 0.3 is 0 Å². The number of carbonyl (C=O) groups excluding carboxylic acids is 1. The van der Waals surface area contributed by atoms with Gasteiger partial charge in [-0.2, -0.15) is 5.10 Å². The molecular formula is C22H24N4O. The average molecular weight is 360 g/mol. The molecule has 0 atom stereocenters. The van der Waals surface area contributed by atoms with E-state index in [9.17, 15) is 4.79 Å². The first-order valence-corrected chi connectivity index (χ1v) is 9.92. The van der Waals surface area contributed by atoms with Crippen molar-refractivity contribution < 1.29 is 4.79 Å². The van der Waals surface area contributed by atoms with E-state index in [1.807, 2.05) is 12.4 Å². The molecule has 138 valence electrons. The molecular weight excluding hydrogens is 336 g/mol. The summed E-state index contributed by atoms with van der Waals surface area (Å²) in [6.07, 6.45) is 11.3. The lowest BCUT2D eigenvalue weighted by Gasteiger charge is -2.13. The maximum absolute atomic E-state index is 12.4. The molecule has 1 saturated carbocycles. The summed E-state index contributed by atoms with van der Waals surface area (Å²) in [7, 11) is 0. The number of rotatable bonds is 6. The van der Waals surface area contributed by atoms with Gasteiger partial charge in [0.25, 0.3) is 0 Å². The molecule has 0 amide bonds. The number of nitrogens with zero attached hydrogens (tertiary/aromatic N) is 4. The van der Waals surface area contributed by atoms with E-state index in [-0.39, 0.29) is 5.78 Å². The number of carbonyl (C=O) groups is 1. The molecule has 0 radical (unpaired) electrons. The molecule has 0 bridgehead atoms. The molecule has 2 aromatic heterocycles. The van der Waals surface area contributed by atoms with Crippen molar-refractivity contribution in [3.63, 3.8) is 0 Å². The van der Waals surface area contributed by atoms with E-state index in [1.54, 1.807) is 0 Å². The summed E-state index contributed by atoms with van der Waals surface area (Å²) in [5.41, 5.74) is 3.17. The predicted octanol–water partition coefficient (Wildman–Crippen LogP) is 3.64. The van der Waals surface area contributed by atoms with Gasteiger partial charge in [0.2, 0.25) is 0 Å². The second kappa shape index (κ2) is 6.89. The monoisotopic (exact) mass is 360 g/mol. The van der Waals surface area contributed by atoms with Gasteiger partial charge < -0.3 is 0 Å².